The zero-order chi connectivity index (χ0) is 19.0. The molecule has 2 atom stereocenters. The molecule has 1 saturated heterocycles. The van der Waals surface area contributed by atoms with E-state index in [1.54, 1.807) is 30.3 Å². The molecular formula is C20H22N2O3S2. The van der Waals surface area contributed by atoms with Crippen LogP contribution in [0, 0.1) is 11.8 Å². The minimum atomic E-state index is -3.77. The summed E-state index contributed by atoms with van der Waals surface area (Å²) in [5.74, 6) is 1.66. The van der Waals surface area contributed by atoms with E-state index in [0.717, 1.165) is 24.4 Å². The summed E-state index contributed by atoms with van der Waals surface area (Å²) in [5.41, 5.74) is 0. The third-order valence-corrected chi connectivity index (χ3v) is 7.30. The molecule has 4 rings (SSSR count). The number of benzene rings is 1. The molecule has 0 bridgehead atoms. The number of aromatic nitrogens is 1. The molecule has 7 heteroatoms. The maximum absolute atomic E-state index is 13.3. The molecule has 27 heavy (non-hydrogen) atoms. The highest BCUT2D eigenvalue weighted by atomic mass is 32.2. The van der Waals surface area contributed by atoms with Gasteiger partial charge in [-0.25, -0.2) is 8.42 Å². The van der Waals surface area contributed by atoms with Gasteiger partial charge in [0.05, 0.1) is 9.77 Å². The van der Waals surface area contributed by atoms with E-state index in [-0.39, 0.29) is 9.92 Å². The van der Waals surface area contributed by atoms with Gasteiger partial charge in [-0.3, -0.25) is 0 Å². The van der Waals surface area contributed by atoms with Crippen LogP contribution >= 0.6 is 11.3 Å². The number of thiophene rings is 1. The molecule has 0 saturated carbocycles. The number of piperidine rings is 1. The van der Waals surface area contributed by atoms with Gasteiger partial charge in [0.25, 0.3) is 0 Å². The Hall–Kier alpha value is -2.12. The Morgan fingerprint density at radius 1 is 1.07 bits per heavy atom. The molecule has 3 aromatic rings. The smallest absolute Gasteiger partial charge is 0.240 e. The Morgan fingerprint density at radius 3 is 2.41 bits per heavy atom. The van der Waals surface area contributed by atoms with Gasteiger partial charge < -0.3 is 9.32 Å². The van der Waals surface area contributed by atoms with E-state index in [0.29, 0.717) is 23.6 Å². The molecule has 0 N–H and O–H groups in total. The largest absolute Gasteiger partial charge is 0.418 e. The number of nitrogens with zero attached hydrogens (tertiary/aromatic N) is 2. The van der Waals surface area contributed by atoms with Crippen molar-refractivity contribution in [1.82, 2.24) is 4.98 Å². The lowest BCUT2D eigenvalue weighted by Gasteiger charge is -2.34. The van der Waals surface area contributed by atoms with Crippen molar-refractivity contribution >= 4 is 27.1 Å². The predicted octanol–water partition coefficient (Wildman–Crippen LogP) is 4.72. The third-order valence-electron chi connectivity index (χ3n) is 4.78. The van der Waals surface area contributed by atoms with Crippen molar-refractivity contribution in [2.24, 2.45) is 11.8 Å². The van der Waals surface area contributed by atoms with E-state index in [9.17, 15) is 8.42 Å². The molecule has 2 aromatic heterocycles. The van der Waals surface area contributed by atoms with Crippen LogP contribution in [-0.4, -0.2) is 26.5 Å². The van der Waals surface area contributed by atoms with Gasteiger partial charge in [-0.2, -0.15) is 4.98 Å². The zero-order valence-electron chi connectivity index (χ0n) is 15.3. The molecule has 0 amide bonds. The molecule has 1 aromatic carbocycles. The van der Waals surface area contributed by atoms with Crippen molar-refractivity contribution in [2.75, 3.05) is 18.0 Å². The molecule has 0 aliphatic carbocycles. The summed E-state index contributed by atoms with van der Waals surface area (Å²) in [6.07, 6.45) is 1.13. The van der Waals surface area contributed by atoms with Gasteiger partial charge in [-0.1, -0.05) is 38.1 Å². The summed E-state index contributed by atoms with van der Waals surface area (Å²) in [7, 11) is -3.77. The molecule has 1 aliphatic heterocycles. The highest BCUT2D eigenvalue weighted by molar-refractivity contribution is 7.91. The zero-order valence-corrected chi connectivity index (χ0v) is 17.0. The van der Waals surface area contributed by atoms with Crippen molar-refractivity contribution in [2.45, 2.75) is 30.2 Å². The fraction of sp³-hybridized carbons (Fsp3) is 0.350. The molecule has 142 valence electrons. The second-order valence-electron chi connectivity index (χ2n) is 7.27. The first kappa shape index (κ1) is 18.3. The van der Waals surface area contributed by atoms with Crippen molar-refractivity contribution in [3.63, 3.8) is 0 Å². The normalized spacial score (nSPS) is 20.7. The number of hydrogen-bond acceptors (Lipinski definition) is 6. The highest BCUT2D eigenvalue weighted by Gasteiger charge is 2.34. The molecular weight excluding hydrogens is 380 g/mol. The summed E-state index contributed by atoms with van der Waals surface area (Å²) < 4.78 is 32.6. The van der Waals surface area contributed by atoms with Crippen molar-refractivity contribution in [1.29, 1.82) is 0 Å². The van der Waals surface area contributed by atoms with E-state index >= 15 is 0 Å². The lowest BCUT2D eigenvalue weighted by Crippen LogP contribution is -2.39. The minimum Gasteiger partial charge on any atom is -0.418 e. The second-order valence-corrected chi connectivity index (χ2v) is 10.1. The first-order valence-electron chi connectivity index (χ1n) is 9.05. The fourth-order valence-corrected chi connectivity index (χ4v) is 5.71. The standard InChI is InChI=1S/C20H22N2O3S2/c1-14-11-15(2)13-22(12-14)20-19(21-18(25-20)17-9-6-10-26-17)27(23,24)16-7-4-3-5-8-16/h3-10,14-15H,11-13H2,1-2H3/t14-,15-/m1/s1. The average molecular weight is 403 g/mol. The van der Waals surface area contributed by atoms with Crippen LogP contribution in [-0.2, 0) is 9.84 Å². The Morgan fingerprint density at radius 2 is 1.78 bits per heavy atom. The first-order valence-corrected chi connectivity index (χ1v) is 11.4. The van der Waals surface area contributed by atoms with E-state index in [4.69, 9.17) is 4.42 Å². The molecule has 5 nitrogen and oxygen atoms in total. The van der Waals surface area contributed by atoms with Crippen LogP contribution in [0.4, 0.5) is 5.88 Å². The topological polar surface area (TPSA) is 63.4 Å². The van der Waals surface area contributed by atoms with Gasteiger partial charge in [0.1, 0.15) is 0 Å². The Kier molecular flexibility index (Phi) is 4.82. The van der Waals surface area contributed by atoms with E-state index in [2.05, 4.69) is 18.8 Å². The summed E-state index contributed by atoms with van der Waals surface area (Å²) in [6.45, 7) is 5.90. The van der Waals surface area contributed by atoms with Gasteiger partial charge in [-0.05, 0) is 41.8 Å². The Labute approximate surface area is 163 Å². The number of oxazole rings is 1. The molecule has 1 fully saturated rings. The van der Waals surface area contributed by atoms with Crippen LogP contribution in [0.1, 0.15) is 20.3 Å². The van der Waals surface area contributed by atoms with Crippen LogP contribution in [0.5, 0.6) is 0 Å². The monoisotopic (exact) mass is 402 g/mol. The Bertz CT molecular complexity index is 1000. The van der Waals surface area contributed by atoms with Crippen LogP contribution < -0.4 is 4.90 Å². The fourth-order valence-electron chi connectivity index (χ4n) is 3.72. The van der Waals surface area contributed by atoms with Crippen molar-refractivity contribution < 1.29 is 12.8 Å². The molecule has 0 spiro atoms. The quantitative estimate of drug-likeness (QED) is 0.632. The summed E-state index contributed by atoms with van der Waals surface area (Å²) >= 11 is 1.48. The predicted molar refractivity (Wildman–Crippen MR) is 107 cm³/mol. The van der Waals surface area contributed by atoms with Gasteiger partial charge in [0.2, 0.25) is 26.6 Å². The lowest BCUT2D eigenvalue weighted by molar-refractivity contribution is 0.342. The van der Waals surface area contributed by atoms with Crippen LogP contribution in [0.3, 0.4) is 0 Å². The third kappa shape index (κ3) is 3.53. The van der Waals surface area contributed by atoms with Gasteiger partial charge >= 0.3 is 0 Å². The lowest BCUT2D eigenvalue weighted by atomic mass is 9.92. The number of hydrogen-bond donors (Lipinski definition) is 0. The summed E-state index contributed by atoms with van der Waals surface area (Å²) in [5, 5.41) is 1.94. The maximum atomic E-state index is 13.3. The van der Waals surface area contributed by atoms with Gasteiger partial charge in [-0.15, -0.1) is 11.3 Å². The molecule has 0 unspecified atom stereocenters. The van der Waals surface area contributed by atoms with Crippen LogP contribution in [0.25, 0.3) is 10.8 Å². The summed E-state index contributed by atoms with van der Waals surface area (Å²) in [4.78, 5) is 7.54. The van der Waals surface area contributed by atoms with E-state index in [1.165, 1.54) is 11.3 Å². The SMILES string of the molecule is C[C@@H]1C[C@@H](C)CN(c2oc(-c3cccs3)nc2S(=O)(=O)c2ccccc2)C1. The van der Waals surface area contributed by atoms with Crippen molar-refractivity contribution in [3.8, 4) is 10.8 Å². The molecule has 3 heterocycles. The number of anilines is 1. The Balaban J connectivity index is 1.84. The van der Waals surface area contributed by atoms with Gasteiger partial charge in [0.15, 0.2) is 0 Å². The maximum Gasteiger partial charge on any atom is 0.240 e. The van der Waals surface area contributed by atoms with Gasteiger partial charge in [0, 0.05) is 13.1 Å². The highest BCUT2D eigenvalue weighted by Crippen LogP contribution is 2.38. The van der Waals surface area contributed by atoms with E-state index < -0.39 is 9.84 Å². The van der Waals surface area contributed by atoms with E-state index in [1.807, 2.05) is 22.4 Å². The second kappa shape index (κ2) is 7.13. The van der Waals surface area contributed by atoms with Crippen LogP contribution in [0.2, 0.25) is 0 Å². The minimum absolute atomic E-state index is 0.0124. The molecule has 0 radical (unpaired) electrons. The summed E-state index contributed by atoms with van der Waals surface area (Å²) in [6, 6.07) is 12.2. The average Bonchev–Trinajstić information content (AvgIpc) is 3.31. The number of rotatable bonds is 4. The first-order chi connectivity index (χ1) is 12.9. The number of sulfone groups is 1. The molecule has 1 aliphatic rings. The van der Waals surface area contributed by atoms with Crippen LogP contribution in [0.15, 0.2) is 62.2 Å². The van der Waals surface area contributed by atoms with Crippen molar-refractivity contribution in [3.05, 3.63) is 47.8 Å².